The molecule has 2 rings (SSSR count). The van der Waals surface area contributed by atoms with Gasteiger partial charge in [0.15, 0.2) is 0 Å². The van der Waals surface area contributed by atoms with Crippen LogP contribution in [-0.4, -0.2) is 36.0 Å². The lowest BCUT2D eigenvalue weighted by atomic mass is 10.1. The molecule has 0 aromatic heterocycles. The molecular weight excluding hydrogens is 212 g/mol. The van der Waals surface area contributed by atoms with E-state index in [9.17, 15) is 4.79 Å². The molecule has 2 aliphatic rings. The van der Waals surface area contributed by atoms with Crippen molar-refractivity contribution in [1.82, 2.24) is 10.2 Å². The van der Waals surface area contributed by atoms with E-state index in [0.717, 1.165) is 19.5 Å². The van der Waals surface area contributed by atoms with Gasteiger partial charge in [0.25, 0.3) is 0 Å². The SMILES string of the molecule is CCC(=O)N1CCC(NC2CCCCCC2)C1. The van der Waals surface area contributed by atoms with E-state index in [1.54, 1.807) is 0 Å². The molecule has 1 heterocycles. The molecule has 1 amide bonds. The number of rotatable bonds is 3. The Morgan fingerprint density at radius 2 is 1.82 bits per heavy atom. The minimum absolute atomic E-state index is 0.315. The lowest BCUT2D eigenvalue weighted by molar-refractivity contribution is -0.129. The van der Waals surface area contributed by atoms with Crippen LogP contribution in [0.25, 0.3) is 0 Å². The van der Waals surface area contributed by atoms with Crippen LogP contribution in [0.15, 0.2) is 0 Å². The molecule has 0 radical (unpaired) electrons. The van der Waals surface area contributed by atoms with Gasteiger partial charge in [-0.1, -0.05) is 32.6 Å². The zero-order valence-electron chi connectivity index (χ0n) is 11.1. The van der Waals surface area contributed by atoms with Gasteiger partial charge in [-0.25, -0.2) is 0 Å². The molecule has 0 bridgehead atoms. The second-order valence-corrected chi connectivity index (χ2v) is 5.53. The smallest absolute Gasteiger partial charge is 0.222 e. The second kappa shape index (κ2) is 6.39. The standard InChI is InChI=1S/C14H26N2O/c1-2-14(17)16-10-9-13(11-16)15-12-7-5-3-4-6-8-12/h12-13,15H,2-11H2,1H3. The van der Waals surface area contributed by atoms with Gasteiger partial charge in [-0.3, -0.25) is 4.79 Å². The van der Waals surface area contributed by atoms with Gasteiger partial charge >= 0.3 is 0 Å². The summed E-state index contributed by atoms with van der Waals surface area (Å²) in [5.74, 6) is 0.315. The van der Waals surface area contributed by atoms with Crippen molar-refractivity contribution in [2.24, 2.45) is 0 Å². The van der Waals surface area contributed by atoms with Crippen LogP contribution < -0.4 is 5.32 Å². The molecule has 98 valence electrons. The second-order valence-electron chi connectivity index (χ2n) is 5.53. The number of amides is 1. The highest BCUT2D eigenvalue weighted by Crippen LogP contribution is 2.19. The Labute approximate surface area is 105 Å². The quantitative estimate of drug-likeness (QED) is 0.765. The molecule has 3 heteroatoms. The maximum atomic E-state index is 11.6. The van der Waals surface area contributed by atoms with Gasteiger partial charge in [0.2, 0.25) is 5.91 Å². The molecule has 1 aliphatic carbocycles. The fraction of sp³-hybridized carbons (Fsp3) is 0.929. The summed E-state index contributed by atoms with van der Waals surface area (Å²) >= 11 is 0. The minimum atomic E-state index is 0.315. The van der Waals surface area contributed by atoms with E-state index in [1.807, 2.05) is 11.8 Å². The average Bonchev–Trinajstić information content (AvgIpc) is 2.65. The zero-order valence-corrected chi connectivity index (χ0v) is 11.1. The van der Waals surface area contributed by atoms with Crippen LogP contribution in [0.4, 0.5) is 0 Å². The fourth-order valence-corrected chi connectivity index (χ4v) is 3.13. The Morgan fingerprint density at radius 1 is 1.12 bits per heavy atom. The van der Waals surface area contributed by atoms with Crippen LogP contribution in [0.2, 0.25) is 0 Å². The van der Waals surface area contributed by atoms with Crippen LogP contribution in [-0.2, 0) is 4.79 Å². The summed E-state index contributed by atoms with van der Waals surface area (Å²) in [6, 6.07) is 1.26. The Balaban J connectivity index is 1.74. The molecular formula is C14H26N2O. The lowest BCUT2D eigenvalue weighted by Crippen LogP contribution is -2.40. The summed E-state index contributed by atoms with van der Waals surface area (Å²) in [5, 5.41) is 3.77. The molecule has 0 spiro atoms. The zero-order chi connectivity index (χ0) is 12.1. The van der Waals surface area contributed by atoms with E-state index in [1.165, 1.54) is 38.5 Å². The fourth-order valence-electron chi connectivity index (χ4n) is 3.13. The first-order valence-corrected chi connectivity index (χ1v) is 7.33. The van der Waals surface area contributed by atoms with Gasteiger partial charge in [-0.05, 0) is 19.3 Å². The minimum Gasteiger partial charge on any atom is -0.341 e. The average molecular weight is 238 g/mol. The molecule has 3 nitrogen and oxygen atoms in total. The van der Waals surface area contributed by atoms with E-state index < -0.39 is 0 Å². The van der Waals surface area contributed by atoms with Crippen molar-refractivity contribution < 1.29 is 4.79 Å². The highest BCUT2D eigenvalue weighted by Gasteiger charge is 2.26. The van der Waals surface area contributed by atoms with Crippen molar-refractivity contribution in [2.75, 3.05) is 13.1 Å². The summed E-state index contributed by atoms with van der Waals surface area (Å²) < 4.78 is 0. The number of hydrogen-bond donors (Lipinski definition) is 1. The number of likely N-dealkylation sites (tertiary alicyclic amines) is 1. The van der Waals surface area contributed by atoms with Crippen molar-refractivity contribution in [1.29, 1.82) is 0 Å². The van der Waals surface area contributed by atoms with E-state index in [4.69, 9.17) is 0 Å². The van der Waals surface area contributed by atoms with Crippen molar-refractivity contribution in [3.63, 3.8) is 0 Å². The Bertz CT molecular complexity index is 247. The molecule has 2 fully saturated rings. The van der Waals surface area contributed by atoms with Gasteiger partial charge in [-0.2, -0.15) is 0 Å². The third kappa shape index (κ3) is 3.70. The van der Waals surface area contributed by atoms with E-state index in [0.29, 0.717) is 24.4 Å². The Kier molecular flexibility index (Phi) is 4.84. The molecule has 1 aliphatic heterocycles. The first-order valence-electron chi connectivity index (χ1n) is 7.33. The molecule has 0 aromatic rings. The van der Waals surface area contributed by atoms with Gasteiger partial charge in [-0.15, -0.1) is 0 Å². The van der Waals surface area contributed by atoms with Crippen LogP contribution in [0, 0.1) is 0 Å². The van der Waals surface area contributed by atoms with Gasteiger partial charge in [0, 0.05) is 31.6 Å². The molecule has 17 heavy (non-hydrogen) atoms. The molecule has 1 saturated heterocycles. The molecule has 1 atom stereocenters. The van der Waals surface area contributed by atoms with Gasteiger partial charge in [0.1, 0.15) is 0 Å². The molecule has 1 N–H and O–H groups in total. The molecule has 1 unspecified atom stereocenters. The topological polar surface area (TPSA) is 32.3 Å². The first kappa shape index (κ1) is 12.9. The maximum Gasteiger partial charge on any atom is 0.222 e. The number of carbonyl (C=O) groups is 1. The first-order chi connectivity index (χ1) is 8.29. The number of nitrogens with one attached hydrogen (secondary N) is 1. The Morgan fingerprint density at radius 3 is 2.47 bits per heavy atom. The lowest BCUT2D eigenvalue weighted by Gasteiger charge is -2.22. The van der Waals surface area contributed by atoms with E-state index in [2.05, 4.69) is 5.32 Å². The van der Waals surface area contributed by atoms with Crippen molar-refractivity contribution in [3.05, 3.63) is 0 Å². The monoisotopic (exact) mass is 238 g/mol. The molecule has 0 aromatic carbocycles. The summed E-state index contributed by atoms with van der Waals surface area (Å²) in [4.78, 5) is 13.6. The van der Waals surface area contributed by atoms with Gasteiger partial charge in [0.05, 0.1) is 0 Å². The van der Waals surface area contributed by atoms with Gasteiger partial charge < -0.3 is 10.2 Å². The predicted molar refractivity (Wildman–Crippen MR) is 69.9 cm³/mol. The largest absolute Gasteiger partial charge is 0.341 e. The van der Waals surface area contributed by atoms with Crippen LogP contribution in [0.1, 0.15) is 58.3 Å². The molecule has 1 saturated carbocycles. The number of carbonyl (C=O) groups excluding carboxylic acids is 1. The van der Waals surface area contributed by atoms with E-state index in [-0.39, 0.29) is 0 Å². The summed E-state index contributed by atoms with van der Waals surface area (Å²) in [7, 11) is 0. The summed E-state index contributed by atoms with van der Waals surface area (Å²) in [5.41, 5.74) is 0. The third-order valence-electron chi connectivity index (χ3n) is 4.17. The maximum absolute atomic E-state index is 11.6. The summed E-state index contributed by atoms with van der Waals surface area (Å²) in [6.45, 7) is 3.84. The Hall–Kier alpha value is -0.570. The summed E-state index contributed by atoms with van der Waals surface area (Å²) in [6.07, 6.45) is 10.0. The van der Waals surface area contributed by atoms with Crippen LogP contribution in [0.3, 0.4) is 0 Å². The van der Waals surface area contributed by atoms with Crippen LogP contribution >= 0.6 is 0 Å². The number of hydrogen-bond acceptors (Lipinski definition) is 2. The van der Waals surface area contributed by atoms with Crippen molar-refractivity contribution >= 4 is 5.91 Å². The van der Waals surface area contributed by atoms with E-state index >= 15 is 0 Å². The number of nitrogens with zero attached hydrogens (tertiary/aromatic N) is 1. The van der Waals surface area contributed by atoms with Crippen molar-refractivity contribution in [3.8, 4) is 0 Å². The van der Waals surface area contributed by atoms with Crippen molar-refractivity contribution in [2.45, 2.75) is 70.4 Å². The normalized spacial score (nSPS) is 27.1. The highest BCUT2D eigenvalue weighted by molar-refractivity contribution is 5.76. The third-order valence-corrected chi connectivity index (χ3v) is 4.17. The highest BCUT2D eigenvalue weighted by atomic mass is 16.2. The van der Waals surface area contributed by atoms with Crippen LogP contribution in [0.5, 0.6) is 0 Å². The predicted octanol–water partition coefficient (Wildman–Crippen LogP) is 2.31.